The van der Waals surface area contributed by atoms with Gasteiger partial charge in [0, 0.05) is 6.20 Å². The van der Waals surface area contributed by atoms with Gasteiger partial charge in [-0.2, -0.15) is 0 Å². The number of pyridine rings is 1. The predicted octanol–water partition coefficient (Wildman–Crippen LogP) is 2.85. The highest BCUT2D eigenvalue weighted by molar-refractivity contribution is 9.10. The zero-order valence-electron chi connectivity index (χ0n) is 7.63. The van der Waals surface area contributed by atoms with Gasteiger partial charge in [0.25, 0.3) is 0 Å². The minimum atomic E-state index is -0.196. The summed E-state index contributed by atoms with van der Waals surface area (Å²) >= 11 is 9.09. The Bertz CT molecular complexity index is 332. The number of nitrogens with zero attached hydrogens (tertiary/aromatic N) is 1. The maximum atomic E-state index is 11.5. The van der Waals surface area contributed by atoms with Crippen molar-refractivity contribution in [3.05, 3.63) is 23.5 Å². The molecule has 76 valence electrons. The summed E-state index contributed by atoms with van der Waals surface area (Å²) in [6.45, 7) is 1.92. The van der Waals surface area contributed by atoms with Crippen LogP contribution in [0.25, 0.3) is 0 Å². The topological polar surface area (TPSA) is 42.0 Å². The van der Waals surface area contributed by atoms with E-state index in [1.165, 1.54) is 6.20 Å². The summed E-state index contributed by atoms with van der Waals surface area (Å²) in [7, 11) is 0. The van der Waals surface area contributed by atoms with Gasteiger partial charge in [-0.15, -0.1) is 0 Å². The molecule has 14 heavy (non-hydrogen) atoms. The van der Waals surface area contributed by atoms with Crippen LogP contribution in [0.1, 0.15) is 13.3 Å². The first kappa shape index (κ1) is 11.5. The van der Waals surface area contributed by atoms with E-state index in [4.69, 9.17) is 11.6 Å². The van der Waals surface area contributed by atoms with E-state index in [-0.39, 0.29) is 10.7 Å². The number of aromatic nitrogens is 1. The molecule has 0 radical (unpaired) electrons. The van der Waals surface area contributed by atoms with E-state index in [1.54, 1.807) is 12.3 Å². The second-order valence-electron chi connectivity index (χ2n) is 2.72. The van der Waals surface area contributed by atoms with Gasteiger partial charge in [-0.05, 0) is 12.5 Å². The summed E-state index contributed by atoms with van der Waals surface area (Å²) in [4.78, 5) is 15.1. The molecule has 0 aliphatic rings. The van der Waals surface area contributed by atoms with Crippen molar-refractivity contribution < 1.29 is 4.79 Å². The van der Waals surface area contributed by atoms with Gasteiger partial charge in [0.15, 0.2) is 0 Å². The van der Waals surface area contributed by atoms with E-state index >= 15 is 0 Å². The fraction of sp³-hybridized carbons (Fsp3) is 0.333. The van der Waals surface area contributed by atoms with Crippen molar-refractivity contribution in [1.29, 1.82) is 0 Å². The Balaban J connectivity index is 2.70. The highest BCUT2D eigenvalue weighted by atomic mass is 79.9. The fourth-order valence-corrected chi connectivity index (χ4v) is 1.13. The summed E-state index contributed by atoms with van der Waals surface area (Å²) in [5.74, 6) is -0.109. The molecule has 1 rings (SSSR count). The molecule has 0 aliphatic heterocycles. The van der Waals surface area contributed by atoms with Crippen LogP contribution in [0.2, 0.25) is 5.02 Å². The van der Waals surface area contributed by atoms with Gasteiger partial charge in [0.1, 0.15) is 0 Å². The zero-order chi connectivity index (χ0) is 10.6. The molecule has 0 saturated carbocycles. The van der Waals surface area contributed by atoms with Gasteiger partial charge in [0.2, 0.25) is 5.91 Å². The molecule has 0 aliphatic carbocycles. The zero-order valence-corrected chi connectivity index (χ0v) is 9.97. The summed E-state index contributed by atoms with van der Waals surface area (Å²) in [6, 6.07) is 1.63. The number of amides is 1. The quantitative estimate of drug-likeness (QED) is 0.863. The summed E-state index contributed by atoms with van der Waals surface area (Å²) in [5, 5.41) is 3.17. The number of hydrogen-bond acceptors (Lipinski definition) is 2. The van der Waals surface area contributed by atoms with E-state index < -0.39 is 0 Å². The first-order valence-electron chi connectivity index (χ1n) is 4.19. The fourth-order valence-electron chi connectivity index (χ4n) is 0.866. The SMILES string of the molecule is CCC(Br)C(=O)Nc1cnccc1Cl. The second-order valence-corrected chi connectivity index (χ2v) is 4.23. The molecular formula is C9H10BrClN2O. The first-order valence-corrected chi connectivity index (χ1v) is 5.49. The van der Waals surface area contributed by atoms with Crippen LogP contribution < -0.4 is 5.32 Å². The lowest BCUT2D eigenvalue weighted by Crippen LogP contribution is -2.22. The van der Waals surface area contributed by atoms with Crippen LogP contribution in [0.4, 0.5) is 5.69 Å². The third-order valence-electron chi connectivity index (χ3n) is 1.67. The van der Waals surface area contributed by atoms with Crippen molar-refractivity contribution >= 4 is 39.1 Å². The number of anilines is 1. The predicted molar refractivity (Wildman–Crippen MR) is 60.9 cm³/mol. The molecule has 1 N–H and O–H groups in total. The lowest BCUT2D eigenvalue weighted by Gasteiger charge is -2.09. The molecule has 0 fully saturated rings. The van der Waals surface area contributed by atoms with Crippen molar-refractivity contribution in [3.8, 4) is 0 Å². The number of halogens is 2. The molecule has 0 saturated heterocycles. The highest BCUT2D eigenvalue weighted by Crippen LogP contribution is 2.20. The number of carbonyl (C=O) groups is 1. The van der Waals surface area contributed by atoms with Gasteiger partial charge in [0.05, 0.1) is 21.7 Å². The first-order chi connectivity index (χ1) is 6.65. The Morgan fingerprint density at radius 3 is 3.07 bits per heavy atom. The molecule has 1 heterocycles. The Labute approximate surface area is 96.0 Å². The highest BCUT2D eigenvalue weighted by Gasteiger charge is 2.13. The van der Waals surface area contributed by atoms with Gasteiger partial charge in [-0.1, -0.05) is 34.5 Å². The standard InChI is InChI=1S/C9H10BrClN2O/c1-2-6(10)9(14)13-8-5-12-4-3-7(8)11/h3-6H,2H2,1H3,(H,13,14). The number of rotatable bonds is 3. The number of hydrogen-bond donors (Lipinski definition) is 1. The monoisotopic (exact) mass is 276 g/mol. The van der Waals surface area contributed by atoms with E-state index in [9.17, 15) is 4.79 Å². The molecule has 3 nitrogen and oxygen atoms in total. The molecule has 0 bridgehead atoms. The van der Waals surface area contributed by atoms with Crippen molar-refractivity contribution in [2.75, 3.05) is 5.32 Å². The van der Waals surface area contributed by atoms with E-state index in [0.717, 1.165) is 6.42 Å². The van der Waals surface area contributed by atoms with Gasteiger partial charge >= 0.3 is 0 Å². The Kier molecular flexibility index (Phi) is 4.35. The van der Waals surface area contributed by atoms with Crippen molar-refractivity contribution in [3.63, 3.8) is 0 Å². The molecule has 1 aromatic rings. The average Bonchev–Trinajstić information content (AvgIpc) is 2.20. The van der Waals surface area contributed by atoms with Crippen LogP contribution in [0.5, 0.6) is 0 Å². The van der Waals surface area contributed by atoms with Crippen LogP contribution in [0.15, 0.2) is 18.5 Å². The Hall–Kier alpha value is -0.610. The number of alkyl halides is 1. The minimum Gasteiger partial charge on any atom is -0.323 e. The van der Waals surface area contributed by atoms with Gasteiger partial charge in [-0.3, -0.25) is 9.78 Å². The maximum Gasteiger partial charge on any atom is 0.238 e. The molecule has 0 spiro atoms. The van der Waals surface area contributed by atoms with E-state index in [0.29, 0.717) is 10.7 Å². The minimum absolute atomic E-state index is 0.109. The van der Waals surface area contributed by atoms with Crippen LogP contribution >= 0.6 is 27.5 Å². The maximum absolute atomic E-state index is 11.5. The third kappa shape index (κ3) is 2.96. The van der Waals surface area contributed by atoms with Crippen LogP contribution in [0.3, 0.4) is 0 Å². The molecule has 1 amide bonds. The van der Waals surface area contributed by atoms with E-state index in [2.05, 4.69) is 26.2 Å². The second kappa shape index (κ2) is 5.32. The van der Waals surface area contributed by atoms with E-state index in [1.807, 2.05) is 6.92 Å². The number of nitrogens with one attached hydrogen (secondary N) is 1. The van der Waals surface area contributed by atoms with Crippen molar-refractivity contribution in [2.45, 2.75) is 18.2 Å². The summed E-state index contributed by atoms with van der Waals surface area (Å²) < 4.78 is 0. The van der Waals surface area contributed by atoms with Gasteiger partial charge < -0.3 is 5.32 Å². The summed E-state index contributed by atoms with van der Waals surface area (Å²) in [5.41, 5.74) is 0.539. The van der Waals surface area contributed by atoms with Crippen LogP contribution in [0, 0.1) is 0 Å². The summed E-state index contributed by atoms with van der Waals surface area (Å²) in [6.07, 6.45) is 3.82. The molecule has 1 atom stereocenters. The Morgan fingerprint density at radius 2 is 2.50 bits per heavy atom. The lowest BCUT2D eigenvalue weighted by atomic mass is 10.3. The normalized spacial score (nSPS) is 12.2. The third-order valence-corrected chi connectivity index (χ3v) is 3.06. The van der Waals surface area contributed by atoms with Crippen molar-refractivity contribution in [1.82, 2.24) is 4.98 Å². The van der Waals surface area contributed by atoms with Crippen molar-refractivity contribution in [2.24, 2.45) is 0 Å². The molecule has 5 heteroatoms. The van der Waals surface area contributed by atoms with Crippen LogP contribution in [-0.4, -0.2) is 15.7 Å². The lowest BCUT2D eigenvalue weighted by molar-refractivity contribution is -0.115. The molecular weight excluding hydrogens is 267 g/mol. The Morgan fingerprint density at radius 1 is 1.79 bits per heavy atom. The molecule has 1 unspecified atom stereocenters. The molecule has 0 aromatic carbocycles. The largest absolute Gasteiger partial charge is 0.323 e. The smallest absolute Gasteiger partial charge is 0.238 e. The van der Waals surface area contributed by atoms with Gasteiger partial charge in [-0.25, -0.2) is 0 Å². The molecule has 1 aromatic heterocycles. The van der Waals surface area contributed by atoms with Crippen LogP contribution in [-0.2, 0) is 4.79 Å². The number of carbonyl (C=O) groups excluding carboxylic acids is 1. The average molecular weight is 278 g/mol.